The average Bonchev–Trinajstić information content (AvgIpc) is 1.21. The van der Waals surface area contributed by atoms with E-state index in [1.54, 1.807) is 0 Å². The Morgan fingerprint density at radius 2 is 0.535 bits per heavy atom. The van der Waals surface area contributed by atoms with Crippen molar-refractivity contribution in [3.05, 3.63) is 194 Å². The summed E-state index contributed by atoms with van der Waals surface area (Å²) in [7, 11) is 5.93. The summed E-state index contributed by atoms with van der Waals surface area (Å²) in [5.41, 5.74) is 0. The third-order valence-electron chi connectivity index (χ3n) is 16.8. The fourth-order valence-electron chi connectivity index (χ4n) is 10.7. The molecule has 9 nitrogen and oxygen atoms in total. The smallest absolute Gasteiger partial charge is 0.306 e. The number of allylic oxidation sites excluding steroid dienone is 32. The van der Waals surface area contributed by atoms with E-state index in [1.807, 2.05) is 21.1 Å². The number of nitrogens with zero attached hydrogens (tertiary/aromatic N) is 1. The summed E-state index contributed by atoms with van der Waals surface area (Å²) in [6.45, 7) is 4.52. The van der Waals surface area contributed by atoms with E-state index in [2.05, 4.69) is 208 Å². The molecule has 0 aromatic rings. The molecule has 0 aromatic carbocycles. The number of unbranched alkanes of at least 4 members (excludes halogenated alkanes) is 26. The van der Waals surface area contributed by atoms with Crippen molar-refractivity contribution in [2.45, 2.75) is 322 Å². The van der Waals surface area contributed by atoms with E-state index in [0.717, 1.165) is 141 Å². The minimum absolute atomic E-state index is 0.140. The number of carbonyl (C=O) groups is 3. The number of likely N-dealkylation sites (N-methyl/N-ethyl adjacent to an activating group) is 1. The summed E-state index contributed by atoms with van der Waals surface area (Å²) in [5.74, 6) is -2.29. The number of rotatable bonds is 73. The molecule has 0 aliphatic rings. The van der Waals surface area contributed by atoms with Gasteiger partial charge in [0.15, 0.2) is 12.4 Å². The first-order chi connectivity index (χ1) is 49.6. The number of hydrogen-bond donors (Lipinski definition) is 0. The van der Waals surface area contributed by atoms with Crippen molar-refractivity contribution in [3.63, 3.8) is 0 Å². The van der Waals surface area contributed by atoms with Crippen LogP contribution in [-0.4, -0.2) is 82.3 Å². The number of ether oxygens (including phenoxy) is 4. The topological polar surface area (TPSA) is 111 Å². The summed E-state index contributed by atoms with van der Waals surface area (Å²) in [4.78, 5) is 37.6. The van der Waals surface area contributed by atoms with Crippen LogP contribution in [0.3, 0.4) is 0 Å². The lowest BCUT2D eigenvalue weighted by atomic mass is 10.0. The molecule has 0 aromatic heterocycles. The molecule has 0 heterocycles. The Balaban J connectivity index is 4.09. The quantitative estimate of drug-likeness (QED) is 0.0195. The van der Waals surface area contributed by atoms with Crippen LogP contribution in [0, 0.1) is 0 Å². The maximum atomic E-state index is 13.0. The zero-order valence-corrected chi connectivity index (χ0v) is 65.2. The maximum absolute atomic E-state index is 13.0. The van der Waals surface area contributed by atoms with E-state index in [4.69, 9.17) is 18.9 Å². The number of carboxylic acid groups (broad SMARTS) is 1. The van der Waals surface area contributed by atoms with Crippen LogP contribution in [0.4, 0.5) is 0 Å². The van der Waals surface area contributed by atoms with Crippen molar-refractivity contribution < 1.29 is 42.9 Å². The lowest BCUT2D eigenvalue weighted by Gasteiger charge is -2.26. The Morgan fingerprint density at radius 3 is 0.792 bits per heavy atom. The van der Waals surface area contributed by atoms with Gasteiger partial charge in [-0.3, -0.25) is 9.59 Å². The predicted molar refractivity (Wildman–Crippen MR) is 434 cm³/mol. The molecule has 2 unspecified atom stereocenters. The van der Waals surface area contributed by atoms with E-state index >= 15 is 0 Å². The maximum Gasteiger partial charge on any atom is 0.306 e. The van der Waals surface area contributed by atoms with E-state index < -0.39 is 24.3 Å². The summed E-state index contributed by atoms with van der Waals surface area (Å²) in [6, 6.07) is 0. The predicted octanol–water partition coefficient (Wildman–Crippen LogP) is 25.1. The highest BCUT2D eigenvalue weighted by molar-refractivity contribution is 5.70. The second-order valence-electron chi connectivity index (χ2n) is 27.6. The van der Waals surface area contributed by atoms with Crippen molar-refractivity contribution >= 4 is 17.9 Å². The van der Waals surface area contributed by atoms with Crippen LogP contribution in [0.5, 0.6) is 0 Å². The first-order valence-electron chi connectivity index (χ1n) is 40.6. The highest BCUT2D eigenvalue weighted by atomic mass is 16.7. The summed E-state index contributed by atoms with van der Waals surface area (Å²) >= 11 is 0. The molecule has 0 spiro atoms. The van der Waals surface area contributed by atoms with Gasteiger partial charge < -0.3 is 33.3 Å². The van der Waals surface area contributed by atoms with Gasteiger partial charge in [-0.25, -0.2) is 0 Å². The van der Waals surface area contributed by atoms with Crippen LogP contribution in [0.25, 0.3) is 0 Å². The third kappa shape index (κ3) is 81.3. The second-order valence-corrected chi connectivity index (χ2v) is 27.6. The molecule has 0 radical (unpaired) electrons. The van der Waals surface area contributed by atoms with E-state index in [9.17, 15) is 19.5 Å². The summed E-state index contributed by atoms with van der Waals surface area (Å²) < 4.78 is 22.9. The van der Waals surface area contributed by atoms with Crippen LogP contribution in [0.2, 0.25) is 0 Å². The highest BCUT2D eigenvalue weighted by Crippen LogP contribution is 2.17. The second kappa shape index (κ2) is 79.8. The van der Waals surface area contributed by atoms with Gasteiger partial charge in [0.2, 0.25) is 0 Å². The molecule has 0 bridgehead atoms. The minimum atomic E-state index is -1.63. The van der Waals surface area contributed by atoms with Gasteiger partial charge in [0, 0.05) is 12.8 Å². The lowest BCUT2D eigenvalue weighted by Crippen LogP contribution is -2.44. The number of carboxylic acids is 1. The molecule has 9 heteroatoms. The van der Waals surface area contributed by atoms with Gasteiger partial charge in [-0.05, 0) is 141 Å². The van der Waals surface area contributed by atoms with E-state index in [1.165, 1.54) is 135 Å². The molecule has 0 N–H and O–H groups in total. The number of hydrogen-bond acceptors (Lipinski definition) is 8. The van der Waals surface area contributed by atoms with Gasteiger partial charge in [-0.1, -0.05) is 350 Å². The zero-order valence-electron chi connectivity index (χ0n) is 65.2. The third-order valence-corrected chi connectivity index (χ3v) is 16.8. The Labute approximate surface area is 621 Å². The fourth-order valence-corrected chi connectivity index (χ4v) is 10.7. The van der Waals surface area contributed by atoms with Gasteiger partial charge in [-0.15, -0.1) is 0 Å². The molecule has 0 saturated heterocycles. The minimum Gasteiger partial charge on any atom is -0.545 e. The SMILES string of the molecule is CC/C=C\C/C=C\C/C=C\C/C=C\C/C=C\C/C=C\C/C=C\C/C=C\C/C=C\CCCCCCCCCCCCCCCC(=O)OC(COC(=O)CCCCCCCCCCCCCCC/C=C\C/C=C\C/C=C\C/C=C\C/C=C\C/C=C\C/C=C\CC)COC(OCC[N+](C)(C)C)C(=O)[O-]. The molecule has 570 valence electrons. The molecular formula is C92H149NO8. The molecule has 0 amide bonds. The number of quaternary nitrogens is 1. The molecular weight excluding hydrogens is 1250 g/mol. The molecule has 0 rings (SSSR count). The van der Waals surface area contributed by atoms with Gasteiger partial charge in [0.05, 0.1) is 40.3 Å². The lowest BCUT2D eigenvalue weighted by molar-refractivity contribution is -0.870. The van der Waals surface area contributed by atoms with E-state index in [-0.39, 0.29) is 38.6 Å². The van der Waals surface area contributed by atoms with Gasteiger partial charge >= 0.3 is 11.9 Å². The van der Waals surface area contributed by atoms with Crippen LogP contribution in [-0.2, 0) is 33.3 Å². The van der Waals surface area contributed by atoms with Crippen LogP contribution < -0.4 is 5.11 Å². The van der Waals surface area contributed by atoms with Crippen LogP contribution >= 0.6 is 0 Å². The zero-order chi connectivity index (χ0) is 73.2. The van der Waals surface area contributed by atoms with Crippen molar-refractivity contribution in [1.82, 2.24) is 0 Å². The Bertz CT molecular complexity index is 2380. The summed E-state index contributed by atoms with van der Waals surface area (Å²) in [5, 5.41) is 11.9. The van der Waals surface area contributed by atoms with Crippen molar-refractivity contribution in [1.29, 1.82) is 0 Å². The number of aliphatic carboxylic acids is 1. The monoisotopic (exact) mass is 1400 g/mol. The van der Waals surface area contributed by atoms with Gasteiger partial charge in [-0.2, -0.15) is 0 Å². The average molecular weight is 1400 g/mol. The first kappa shape index (κ1) is 95.1. The Hall–Kier alpha value is -5.87. The fraction of sp³-hybridized carbons (Fsp3) is 0.620. The molecule has 0 fully saturated rings. The highest BCUT2D eigenvalue weighted by Gasteiger charge is 2.22. The standard InChI is InChI=1S/C92H149NO8/c1-6-8-10-12-14-16-18-20-22-24-26-28-30-32-34-36-38-40-42-43-44-45-46-47-49-51-53-55-57-59-61-63-65-67-69-71-73-75-77-79-81-83-90(95)101-88(87-100-92(91(96)97)98-85-84-93(3,4)5)86-99-89(94)82-80-78-76-74-72-70-68-66-64-62-60-58-56-54-52-50-48-41-39-37-35-33-31-29-27-25-23-21-19-17-15-13-11-9-7-2/h8-11,14-17,20-23,26-29,32-35,38-41,43-44,46-47,50-53,88,92H,6-7,12-13,18-19,24-25,30-31,36-37,42,45,48-49,54-87H2,1-5H3/b10-8-,11-9-,16-14-,17-15-,22-20-,23-21-,28-26-,29-27-,34-32-,35-33-,40-38-,41-39-,44-43-,47-46-,52-50-,53-51-. The van der Waals surface area contributed by atoms with Crippen molar-refractivity contribution in [3.8, 4) is 0 Å². The first-order valence-corrected chi connectivity index (χ1v) is 40.6. The van der Waals surface area contributed by atoms with Gasteiger partial charge in [0.1, 0.15) is 13.2 Å². The molecule has 0 aliphatic heterocycles. The molecule has 2 atom stereocenters. The normalized spacial score (nSPS) is 13.7. The van der Waals surface area contributed by atoms with E-state index in [0.29, 0.717) is 17.4 Å². The number of carbonyl (C=O) groups excluding carboxylic acids is 3. The molecule has 101 heavy (non-hydrogen) atoms. The number of esters is 2. The Morgan fingerprint density at radius 1 is 0.297 bits per heavy atom. The van der Waals surface area contributed by atoms with Crippen LogP contribution in [0.1, 0.15) is 309 Å². The molecule has 0 aliphatic carbocycles. The Kier molecular flexibility index (Phi) is 75.2. The van der Waals surface area contributed by atoms with Crippen molar-refractivity contribution in [2.75, 3.05) is 47.5 Å². The molecule has 0 saturated carbocycles. The largest absolute Gasteiger partial charge is 0.545 e. The summed E-state index contributed by atoms with van der Waals surface area (Å²) in [6.07, 6.45) is 120. The van der Waals surface area contributed by atoms with Crippen LogP contribution in [0.15, 0.2) is 194 Å². The van der Waals surface area contributed by atoms with Gasteiger partial charge in [0.25, 0.3) is 0 Å². The van der Waals surface area contributed by atoms with Crippen molar-refractivity contribution in [2.24, 2.45) is 0 Å².